The molecule has 1 fully saturated rings. The van der Waals surface area contributed by atoms with Crippen LogP contribution in [0, 0.1) is 0 Å². The summed E-state index contributed by atoms with van der Waals surface area (Å²) < 4.78 is 4.84. The fourth-order valence-electron chi connectivity index (χ4n) is 2.50. The Kier molecular flexibility index (Phi) is 6.87. The Bertz CT molecular complexity index is 610. The van der Waals surface area contributed by atoms with E-state index < -0.39 is 24.5 Å². The molecule has 1 saturated carbocycles. The molecule has 0 saturated heterocycles. The van der Waals surface area contributed by atoms with Crippen molar-refractivity contribution in [1.82, 2.24) is 10.6 Å². The number of rotatable bonds is 5. The number of benzene rings is 1. The molecule has 0 bridgehead atoms. The summed E-state index contributed by atoms with van der Waals surface area (Å²) in [5, 5.41) is 5.53. The van der Waals surface area contributed by atoms with Crippen LogP contribution in [0.2, 0.25) is 10.0 Å². The summed E-state index contributed by atoms with van der Waals surface area (Å²) in [4.78, 5) is 35.0. The van der Waals surface area contributed by atoms with Crippen LogP contribution in [0.5, 0.6) is 0 Å². The molecule has 0 aliphatic heterocycles. The smallest absolute Gasteiger partial charge is 0.321 e. The minimum Gasteiger partial charge on any atom is -0.455 e. The van der Waals surface area contributed by atoms with E-state index in [1.807, 2.05) is 0 Å². The molecule has 130 valence electrons. The van der Waals surface area contributed by atoms with E-state index in [-0.39, 0.29) is 12.5 Å². The molecular weight excluding hydrogens is 355 g/mol. The van der Waals surface area contributed by atoms with Crippen molar-refractivity contribution in [3.63, 3.8) is 0 Å². The number of ether oxygens (including phenoxy) is 1. The van der Waals surface area contributed by atoms with E-state index >= 15 is 0 Å². The molecule has 0 aromatic heterocycles. The molecule has 2 N–H and O–H groups in total. The summed E-state index contributed by atoms with van der Waals surface area (Å²) in [6, 6.07) is 4.40. The number of hydrogen-bond donors (Lipinski definition) is 2. The van der Waals surface area contributed by atoms with Crippen molar-refractivity contribution in [2.75, 3.05) is 6.61 Å². The number of hydrogen-bond acceptors (Lipinski definition) is 4. The van der Waals surface area contributed by atoms with Gasteiger partial charge in [-0.15, -0.1) is 0 Å². The topological polar surface area (TPSA) is 84.5 Å². The van der Waals surface area contributed by atoms with E-state index in [0.717, 1.165) is 25.7 Å². The largest absolute Gasteiger partial charge is 0.455 e. The van der Waals surface area contributed by atoms with Crippen LogP contribution < -0.4 is 10.6 Å². The summed E-state index contributed by atoms with van der Waals surface area (Å²) in [7, 11) is 0. The molecular formula is C16H18Cl2N2O4. The van der Waals surface area contributed by atoms with Crippen molar-refractivity contribution in [2.24, 2.45) is 0 Å². The first kappa shape index (κ1) is 18.5. The molecule has 0 unspecified atom stereocenters. The second-order valence-corrected chi connectivity index (χ2v) is 6.36. The monoisotopic (exact) mass is 372 g/mol. The maximum atomic E-state index is 11.8. The molecule has 24 heavy (non-hydrogen) atoms. The molecule has 0 atom stereocenters. The van der Waals surface area contributed by atoms with Gasteiger partial charge in [0.15, 0.2) is 6.61 Å². The molecule has 1 aliphatic rings. The Balaban J connectivity index is 1.72. The van der Waals surface area contributed by atoms with Crippen LogP contribution in [0.4, 0.5) is 4.79 Å². The second-order valence-electron chi connectivity index (χ2n) is 5.54. The highest BCUT2D eigenvalue weighted by Crippen LogP contribution is 2.24. The van der Waals surface area contributed by atoms with Crippen LogP contribution in [-0.4, -0.2) is 30.6 Å². The lowest BCUT2D eigenvalue weighted by Gasteiger charge is -2.12. The van der Waals surface area contributed by atoms with Gasteiger partial charge in [0.05, 0.1) is 6.42 Å². The van der Waals surface area contributed by atoms with Gasteiger partial charge in [0.2, 0.25) is 0 Å². The Morgan fingerprint density at radius 2 is 1.75 bits per heavy atom. The molecule has 8 heteroatoms. The first-order chi connectivity index (χ1) is 11.5. The van der Waals surface area contributed by atoms with Crippen LogP contribution in [0.25, 0.3) is 0 Å². The Morgan fingerprint density at radius 1 is 1.12 bits per heavy atom. The van der Waals surface area contributed by atoms with Crippen LogP contribution >= 0.6 is 23.2 Å². The molecule has 3 amide bonds. The third kappa shape index (κ3) is 5.69. The molecule has 0 spiro atoms. The number of carbonyl (C=O) groups is 3. The second kappa shape index (κ2) is 8.89. The zero-order chi connectivity index (χ0) is 17.5. The van der Waals surface area contributed by atoms with Gasteiger partial charge in [-0.1, -0.05) is 42.1 Å². The van der Waals surface area contributed by atoms with Crippen molar-refractivity contribution in [3.05, 3.63) is 33.8 Å². The third-order valence-electron chi connectivity index (χ3n) is 3.69. The number of amides is 3. The van der Waals surface area contributed by atoms with E-state index in [2.05, 4.69) is 10.6 Å². The van der Waals surface area contributed by atoms with Crippen molar-refractivity contribution >= 4 is 41.1 Å². The zero-order valence-electron chi connectivity index (χ0n) is 12.9. The van der Waals surface area contributed by atoms with E-state index in [1.54, 1.807) is 18.2 Å². The summed E-state index contributed by atoms with van der Waals surface area (Å²) >= 11 is 11.9. The molecule has 1 aromatic carbocycles. The fraction of sp³-hybridized carbons (Fsp3) is 0.438. The van der Waals surface area contributed by atoms with E-state index in [9.17, 15) is 14.4 Å². The highest BCUT2D eigenvalue weighted by molar-refractivity contribution is 6.36. The number of esters is 1. The summed E-state index contributed by atoms with van der Waals surface area (Å²) in [5.74, 6) is -1.35. The van der Waals surface area contributed by atoms with Gasteiger partial charge in [0.1, 0.15) is 0 Å². The Labute approximate surface area is 149 Å². The first-order valence-electron chi connectivity index (χ1n) is 7.64. The number of urea groups is 1. The minimum atomic E-state index is -0.691. The number of nitrogens with one attached hydrogen (secondary N) is 2. The van der Waals surface area contributed by atoms with Gasteiger partial charge in [-0.25, -0.2) is 4.79 Å². The zero-order valence-corrected chi connectivity index (χ0v) is 14.5. The van der Waals surface area contributed by atoms with E-state index in [4.69, 9.17) is 27.9 Å². The lowest BCUT2D eigenvalue weighted by molar-refractivity contribution is -0.147. The maximum absolute atomic E-state index is 11.8. The third-order valence-corrected chi connectivity index (χ3v) is 4.40. The van der Waals surface area contributed by atoms with Crippen LogP contribution in [0.3, 0.4) is 0 Å². The molecule has 6 nitrogen and oxygen atoms in total. The lowest BCUT2D eigenvalue weighted by Crippen LogP contribution is -2.45. The van der Waals surface area contributed by atoms with Crippen molar-refractivity contribution < 1.29 is 19.1 Å². The van der Waals surface area contributed by atoms with E-state index in [0.29, 0.717) is 15.6 Å². The van der Waals surface area contributed by atoms with Gasteiger partial charge >= 0.3 is 12.0 Å². The molecule has 2 rings (SSSR count). The van der Waals surface area contributed by atoms with Gasteiger partial charge in [-0.2, -0.15) is 0 Å². The highest BCUT2D eigenvalue weighted by atomic mass is 35.5. The average molecular weight is 373 g/mol. The predicted molar refractivity (Wildman–Crippen MR) is 90.1 cm³/mol. The van der Waals surface area contributed by atoms with Gasteiger partial charge < -0.3 is 10.1 Å². The minimum absolute atomic E-state index is 0.0997. The van der Waals surface area contributed by atoms with Crippen molar-refractivity contribution in [1.29, 1.82) is 0 Å². The summed E-state index contributed by atoms with van der Waals surface area (Å²) in [6.07, 6.45) is 3.81. The number of halogens is 2. The lowest BCUT2D eigenvalue weighted by atomic mass is 10.1. The normalized spacial score (nSPS) is 14.2. The summed E-state index contributed by atoms with van der Waals surface area (Å²) in [6.45, 7) is -0.543. The van der Waals surface area contributed by atoms with Crippen LogP contribution in [-0.2, 0) is 20.7 Å². The Morgan fingerprint density at radius 3 is 2.38 bits per heavy atom. The standard InChI is InChI=1S/C16H18Cl2N2O4/c17-12-6-3-7-13(18)11(12)8-15(22)24-9-14(21)20-16(23)19-10-4-1-2-5-10/h3,6-7,10H,1-2,4-5,8-9H2,(H2,19,20,21,23). The van der Waals surface area contributed by atoms with Crippen molar-refractivity contribution in [2.45, 2.75) is 38.1 Å². The first-order valence-corrected chi connectivity index (χ1v) is 8.40. The van der Waals surface area contributed by atoms with Crippen LogP contribution in [0.15, 0.2) is 18.2 Å². The molecule has 1 aromatic rings. The van der Waals surface area contributed by atoms with Crippen LogP contribution in [0.1, 0.15) is 31.2 Å². The van der Waals surface area contributed by atoms with E-state index in [1.165, 1.54) is 0 Å². The fourth-order valence-corrected chi connectivity index (χ4v) is 3.03. The Hall–Kier alpha value is -1.79. The molecule has 0 heterocycles. The molecule has 0 radical (unpaired) electrons. The van der Waals surface area contributed by atoms with Gasteiger partial charge in [0.25, 0.3) is 5.91 Å². The molecule has 1 aliphatic carbocycles. The van der Waals surface area contributed by atoms with Crippen molar-refractivity contribution in [3.8, 4) is 0 Å². The number of carbonyl (C=O) groups excluding carboxylic acids is 3. The SMILES string of the molecule is O=C(COC(=O)Cc1c(Cl)cccc1Cl)NC(=O)NC1CCCC1. The average Bonchev–Trinajstić information content (AvgIpc) is 3.02. The summed E-state index contributed by atoms with van der Waals surface area (Å²) in [5.41, 5.74) is 0.435. The maximum Gasteiger partial charge on any atom is 0.321 e. The predicted octanol–water partition coefficient (Wildman–Crippen LogP) is 2.85. The van der Waals surface area contributed by atoms with Gasteiger partial charge in [-0.05, 0) is 25.0 Å². The van der Waals surface area contributed by atoms with Gasteiger partial charge in [0, 0.05) is 21.7 Å². The number of imide groups is 1. The highest BCUT2D eigenvalue weighted by Gasteiger charge is 2.19. The van der Waals surface area contributed by atoms with Gasteiger partial charge in [-0.3, -0.25) is 14.9 Å². The quantitative estimate of drug-likeness (QED) is 0.778.